The van der Waals surface area contributed by atoms with Gasteiger partial charge in [-0.1, -0.05) is 56.3 Å². The monoisotopic (exact) mass is 438 g/mol. The van der Waals surface area contributed by atoms with E-state index in [-0.39, 0.29) is 5.91 Å². The van der Waals surface area contributed by atoms with E-state index >= 15 is 0 Å². The van der Waals surface area contributed by atoms with Crippen molar-refractivity contribution in [3.05, 3.63) is 102 Å². The molecule has 1 aromatic heterocycles. The van der Waals surface area contributed by atoms with Crippen LogP contribution in [0.1, 0.15) is 35.7 Å². The van der Waals surface area contributed by atoms with Crippen LogP contribution in [0.4, 0.5) is 5.69 Å². The van der Waals surface area contributed by atoms with Crippen molar-refractivity contribution in [2.75, 3.05) is 11.6 Å². The fourth-order valence-corrected chi connectivity index (χ4v) is 4.06. The minimum absolute atomic E-state index is 0.126. The summed E-state index contributed by atoms with van der Waals surface area (Å²) in [4.78, 5) is 18.8. The first-order chi connectivity index (χ1) is 15.5. The molecule has 3 aromatic carbocycles. The molecular formula is C28H26N2OS. The molecule has 0 unspecified atom stereocenters. The third-order valence-corrected chi connectivity index (χ3v) is 6.17. The second-order valence-electron chi connectivity index (χ2n) is 7.94. The zero-order valence-electron chi connectivity index (χ0n) is 18.5. The van der Waals surface area contributed by atoms with Crippen LogP contribution in [-0.2, 0) is 0 Å². The quantitative estimate of drug-likeness (QED) is 0.317. The predicted octanol–water partition coefficient (Wildman–Crippen LogP) is 7.51. The lowest BCUT2D eigenvalue weighted by Gasteiger charge is -2.14. The number of thioether (sulfide) groups is 1. The van der Waals surface area contributed by atoms with Gasteiger partial charge in [0.05, 0.1) is 5.69 Å². The van der Waals surface area contributed by atoms with E-state index in [1.807, 2.05) is 60.9 Å². The number of rotatable bonds is 6. The van der Waals surface area contributed by atoms with Gasteiger partial charge in [-0.05, 0) is 71.3 Å². The third kappa shape index (κ3) is 4.92. The molecule has 4 aromatic rings. The summed E-state index contributed by atoms with van der Waals surface area (Å²) in [5.74, 6) is 0.342. The summed E-state index contributed by atoms with van der Waals surface area (Å²) in [6.45, 7) is 4.36. The van der Waals surface area contributed by atoms with E-state index in [1.165, 1.54) is 5.56 Å². The van der Waals surface area contributed by atoms with Crippen molar-refractivity contribution >= 4 is 23.4 Å². The minimum Gasteiger partial charge on any atom is -0.322 e. The Morgan fingerprint density at radius 3 is 2.38 bits per heavy atom. The van der Waals surface area contributed by atoms with Gasteiger partial charge in [0.2, 0.25) is 0 Å². The van der Waals surface area contributed by atoms with E-state index < -0.39 is 0 Å². The SMILES string of the molecule is CSc1ccc(C(=O)Nc2cccc(-c3ccccn3)c2)c(-c2ccc(C(C)C)cc2)c1. The smallest absolute Gasteiger partial charge is 0.256 e. The van der Waals surface area contributed by atoms with Crippen LogP contribution in [0.2, 0.25) is 0 Å². The fraction of sp³-hybridized carbons (Fsp3) is 0.143. The lowest BCUT2D eigenvalue weighted by molar-refractivity contribution is 0.102. The number of benzene rings is 3. The molecule has 32 heavy (non-hydrogen) atoms. The molecule has 0 saturated heterocycles. The van der Waals surface area contributed by atoms with Crippen LogP contribution in [-0.4, -0.2) is 17.1 Å². The minimum atomic E-state index is -0.126. The first-order valence-corrected chi connectivity index (χ1v) is 11.9. The van der Waals surface area contributed by atoms with Crippen LogP contribution in [0.25, 0.3) is 22.4 Å². The Kier molecular flexibility index (Phi) is 6.72. The number of anilines is 1. The van der Waals surface area contributed by atoms with Gasteiger partial charge in [0.1, 0.15) is 0 Å². The topological polar surface area (TPSA) is 42.0 Å². The van der Waals surface area contributed by atoms with Gasteiger partial charge in [-0.15, -0.1) is 11.8 Å². The maximum absolute atomic E-state index is 13.3. The van der Waals surface area contributed by atoms with E-state index in [0.29, 0.717) is 11.5 Å². The van der Waals surface area contributed by atoms with Gasteiger partial charge in [0.25, 0.3) is 5.91 Å². The van der Waals surface area contributed by atoms with Crippen LogP contribution >= 0.6 is 11.8 Å². The average Bonchev–Trinajstić information content (AvgIpc) is 2.84. The third-order valence-electron chi connectivity index (χ3n) is 5.44. The van der Waals surface area contributed by atoms with Crippen LogP contribution in [0.5, 0.6) is 0 Å². The molecule has 0 aliphatic carbocycles. The number of nitrogens with zero attached hydrogens (tertiary/aromatic N) is 1. The highest BCUT2D eigenvalue weighted by Gasteiger charge is 2.15. The van der Waals surface area contributed by atoms with Crippen LogP contribution < -0.4 is 5.32 Å². The van der Waals surface area contributed by atoms with Gasteiger partial charge >= 0.3 is 0 Å². The van der Waals surface area contributed by atoms with E-state index in [9.17, 15) is 4.79 Å². The zero-order valence-corrected chi connectivity index (χ0v) is 19.3. The normalized spacial score (nSPS) is 10.9. The van der Waals surface area contributed by atoms with Crippen LogP contribution in [0.3, 0.4) is 0 Å². The van der Waals surface area contributed by atoms with Crippen molar-refractivity contribution in [3.8, 4) is 22.4 Å². The maximum Gasteiger partial charge on any atom is 0.256 e. The molecule has 4 rings (SSSR count). The van der Waals surface area contributed by atoms with Crippen molar-refractivity contribution in [2.24, 2.45) is 0 Å². The standard InChI is InChI=1S/C28H26N2OS/c1-19(2)20-10-12-21(13-11-20)26-18-24(32-3)14-15-25(26)28(31)30-23-8-6-7-22(17-23)27-9-4-5-16-29-27/h4-19H,1-3H3,(H,30,31). The van der Waals surface area contributed by atoms with Crippen molar-refractivity contribution in [1.82, 2.24) is 4.98 Å². The Balaban J connectivity index is 1.66. The second-order valence-corrected chi connectivity index (χ2v) is 8.82. The summed E-state index contributed by atoms with van der Waals surface area (Å²) >= 11 is 1.67. The zero-order chi connectivity index (χ0) is 22.5. The van der Waals surface area contributed by atoms with Gasteiger partial charge in [-0.3, -0.25) is 9.78 Å². The van der Waals surface area contributed by atoms with Gasteiger partial charge in [-0.2, -0.15) is 0 Å². The maximum atomic E-state index is 13.3. The molecule has 1 heterocycles. The van der Waals surface area contributed by atoms with Crippen molar-refractivity contribution in [2.45, 2.75) is 24.7 Å². The highest BCUT2D eigenvalue weighted by molar-refractivity contribution is 7.98. The highest BCUT2D eigenvalue weighted by Crippen LogP contribution is 2.31. The van der Waals surface area contributed by atoms with Gasteiger partial charge in [0, 0.05) is 27.9 Å². The summed E-state index contributed by atoms with van der Waals surface area (Å²) in [6, 6.07) is 28.1. The van der Waals surface area contributed by atoms with E-state index in [2.05, 4.69) is 54.5 Å². The molecule has 0 atom stereocenters. The molecule has 0 radical (unpaired) electrons. The second kappa shape index (κ2) is 9.84. The molecule has 0 aliphatic heterocycles. The Labute approximate surface area is 193 Å². The number of pyridine rings is 1. The molecule has 3 nitrogen and oxygen atoms in total. The Morgan fingerprint density at radius 1 is 0.875 bits per heavy atom. The molecule has 0 bridgehead atoms. The lowest BCUT2D eigenvalue weighted by atomic mass is 9.95. The van der Waals surface area contributed by atoms with Crippen molar-refractivity contribution in [1.29, 1.82) is 0 Å². The van der Waals surface area contributed by atoms with Gasteiger partial charge < -0.3 is 5.32 Å². The number of amides is 1. The molecule has 1 N–H and O–H groups in total. The van der Waals surface area contributed by atoms with Gasteiger partial charge in [0.15, 0.2) is 0 Å². The molecule has 0 aliphatic rings. The highest BCUT2D eigenvalue weighted by atomic mass is 32.2. The molecule has 4 heteroatoms. The van der Waals surface area contributed by atoms with E-state index in [0.717, 1.165) is 33.0 Å². The molecule has 1 amide bonds. The Hall–Kier alpha value is -3.37. The van der Waals surface area contributed by atoms with E-state index in [4.69, 9.17) is 0 Å². The number of carbonyl (C=O) groups excluding carboxylic acids is 1. The first kappa shape index (κ1) is 21.8. The number of hydrogen-bond acceptors (Lipinski definition) is 3. The number of hydrogen-bond donors (Lipinski definition) is 1. The Bertz CT molecular complexity index is 1220. The molecular weight excluding hydrogens is 412 g/mol. The largest absolute Gasteiger partial charge is 0.322 e. The van der Waals surface area contributed by atoms with Crippen molar-refractivity contribution < 1.29 is 4.79 Å². The summed E-state index contributed by atoms with van der Waals surface area (Å²) in [7, 11) is 0. The summed E-state index contributed by atoms with van der Waals surface area (Å²) in [6.07, 6.45) is 3.81. The Morgan fingerprint density at radius 2 is 1.69 bits per heavy atom. The van der Waals surface area contributed by atoms with Crippen LogP contribution in [0, 0.1) is 0 Å². The average molecular weight is 439 g/mol. The lowest BCUT2D eigenvalue weighted by Crippen LogP contribution is -2.13. The number of aromatic nitrogens is 1. The first-order valence-electron chi connectivity index (χ1n) is 10.7. The van der Waals surface area contributed by atoms with E-state index in [1.54, 1.807) is 18.0 Å². The van der Waals surface area contributed by atoms with Gasteiger partial charge in [-0.25, -0.2) is 0 Å². The number of nitrogens with one attached hydrogen (secondary N) is 1. The molecule has 0 spiro atoms. The summed E-state index contributed by atoms with van der Waals surface area (Å²) in [5, 5.41) is 3.07. The van der Waals surface area contributed by atoms with Crippen molar-refractivity contribution in [3.63, 3.8) is 0 Å². The summed E-state index contributed by atoms with van der Waals surface area (Å²) in [5.41, 5.74) is 6.50. The molecule has 0 saturated carbocycles. The number of carbonyl (C=O) groups is 1. The summed E-state index contributed by atoms with van der Waals surface area (Å²) < 4.78 is 0. The predicted molar refractivity (Wildman–Crippen MR) is 135 cm³/mol. The molecule has 160 valence electrons. The fourth-order valence-electron chi connectivity index (χ4n) is 3.62. The molecule has 0 fully saturated rings. The van der Waals surface area contributed by atoms with Crippen LogP contribution in [0.15, 0.2) is 96.0 Å².